The van der Waals surface area contributed by atoms with Gasteiger partial charge in [-0.2, -0.15) is 0 Å². The van der Waals surface area contributed by atoms with Gasteiger partial charge in [0.05, 0.1) is 0 Å². The van der Waals surface area contributed by atoms with Crippen molar-refractivity contribution in [2.45, 2.75) is 6.92 Å². The van der Waals surface area contributed by atoms with Gasteiger partial charge in [0.1, 0.15) is 17.5 Å². The standard InChI is InChI=1S/C21H16FN3/c1-15-23-13-14-25(15)21-20(17-5-3-2-4-6-17)19(11-12-24-21)16-7-9-18(22)10-8-16/h2-14H,1H3. The van der Waals surface area contributed by atoms with Crippen LogP contribution in [0, 0.1) is 12.7 Å². The second-order valence-corrected chi connectivity index (χ2v) is 5.77. The summed E-state index contributed by atoms with van der Waals surface area (Å²) >= 11 is 0. The summed E-state index contributed by atoms with van der Waals surface area (Å²) in [7, 11) is 0. The Hall–Kier alpha value is -3.27. The van der Waals surface area contributed by atoms with Gasteiger partial charge in [0.2, 0.25) is 0 Å². The lowest BCUT2D eigenvalue weighted by Gasteiger charge is -2.16. The summed E-state index contributed by atoms with van der Waals surface area (Å²) < 4.78 is 15.3. The number of hydrogen-bond acceptors (Lipinski definition) is 2. The molecule has 0 aliphatic heterocycles. The van der Waals surface area contributed by atoms with E-state index in [2.05, 4.69) is 22.1 Å². The summed E-state index contributed by atoms with van der Waals surface area (Å²) in [5.74, 6) is 1.42. The van der Waals surface area contributed by atoms with Crippen molar-refractivity contribution in [3.05, 3.63) is 90.9 Å². The molecule has 0 fully saturated rings. The molecule has 2 aromatic carbocycles. The van der Waals surface area contributed by atoms with Gasteiger partial charge in [-0.15, -0.1) is 0 Å². The van der Waals surface area contributed by atoms with E-state index in [0.29, 0.717) is 0 Å². The van der Waals surface area contributed by atoms with E-state index in [1.807, 2.05) is 42.0 Å². The van der Waals surface area contributed by atoms with Crippen LogP contribution in [0.15, 0.2) is 79.3 Å². The normalized spacial score (nSPS) is 10.8. The van der Waals surface area contributed by atoms with Crippen molar-refractivity contribution < 1.29 is 4.39 Å². The Balaban J connectivity index is 2.02. The number of aryl methyl sites for hydroxylation is 1. The van der Waals surface area contributed by atoms with Crippen molar-refractivity contribution in [2.24, 2.45) is 0 Å². The van der Waals surface area contributed by atoms with E-state index in [0.717, 1.165) is 33.9 Å². The van der Waals surface area contributed by atoms with E-state index < -0.39 is 0 Å². The van der Waals surface area contributed by atoms with Crippen LogP contribution in [-0.4, -0.2) is 14.5 Å². The number of rotatable bonds is 3. The molecule has 0 amide bonds. The van der Waals surface area contributed by atoms with Crippen molar-refractivity contribution in [3.8, 4) is 28.1 Å². The van der Waals surface area contributed by atoms with E-state index in [9.17, 15) is 4.39 Å². The molecular formula is C21H16FN3. The Morgan fingerprint density at radius 3 is 2.24 bits per heavy atom. The van der Waals surface area contributed by atoms with Crippen LogP contribution in [0.2, 0.25) is 0 Å². The zero-order valence-corrected chi connectivity index (χ0v) is 13.7. The smallest absolute Gasteiger partial charge is 0.146 e. The molecule has 0 atom stereocenters. The molecule has 4 rings (SSSR count). The Kier molecular flexibility index (Phi) is 3.86. The molecule has 2 heterocycles. The molecule has 0 bridgehead atoms. The SMILES string of the molecule is Cc1nccn1-c1nccc(-c2ccc(F)cc2)c1-c1ccccc1. The maximum Gasteiger partial charge on any atom is 0.146 e. The lowest BCUT2D eigenvalue weighted by Crippen LogP contribution is -2.03. The van der Waals surface area contributed by atoms with Gasteiger partial charge in [0, 0.05) is 24.2 Å². The zero-order chi connectivity index (χ0) is 17.2. The molecule has 0 unspecified atom stereocenters. The average molecular weight is 329 g/mol. The van der Waals surface area contributed by atoms with Crippen molar-refractivity contribution >= 4 is 0 Å². The largest absolute Gasteiger partial charge is 0.288 e. The Bertz CT molecular complexity index is 1010. The minimum Gasteiger partial charge on any atom is -0.288 e. The fourth-order valence-electron chi connectivity index (χ4n) is 2.99. The van der Waals surface area contributed by atoms with Gasteiger partial charge in [-0.1, -0.05) is 42.5 Å². The van der Waals surface area contributed by atoms with Crippen molar-refractivity contribution in [3.63, 3.8) is 0 Å². The molecule has 0 saturated carbocycles. The van der Waals surface area contributed by atoms with Gasteiger partial charge >= 0.3 is 0 Å². The fraction of sp³-hybridized carbons (Fsp3) is 0.0476. The third-order valence-electron chi connectivity index (χ3n) is 4.20. The summed E-state index contributed by atoms with van der Waals surface area (Å²) in [6.07, 6.45) is 5.44. The van der Waals surface area contributed by atoms with E-state index >= 15 is 0 Å². The number of aromatic nitrogens is 3. The van der Waals surface area contributed by atoms with Gasteiger partial charge in [0.15, 0.2) is 0 Å². The summed E-state index contributed by atoms with van der Waals surface area (Å²) in [4.78, 5) is 8.93. The van der Waals surface area contributed by atoms with Crippen molar-refractivity contribution in [1.82, 2.24) is 14.5 Å². The van der Waals surface area contributed by atoms with Crippen LogP contribution >= 0.6 is 0 Å². The topological polar surface area (TPSA) is 30.7 Å². The predicted octanol–water partition coefficient (Wildman–Crippen LogP) is 5.05. The summed E-state index contributed by atoms with van der Waals surface area (Å²) in [5.41, 5.74) is 4.00. The van der Waals surface area contributed by atoms with Gasteiger partial charge < -0.3 is 0 Å². The minimum absolute atomic E-state index is 0.246. The van der Waals surface area contributed by atoms with Gasteiger partial charge in [0.25, 0.3) is 0 Å². The molecule has 0 radical (unpaired) electrons. The van der Waals surface area contributed by atoms with E-state index in [1.165, 1.54) is 12.1 Å². The van der Waals surface area contributed by atoms with Crippen LogP contribution in [0.25, 0.3) is 28.1 Å². The highest BCUT2D eigenvalue weighted by Gasteiger charge is 2.16. The van der Waals surface area contributed by atoms with Crippen LogP contribution in [0.5, 0.6) is 0 Å². The molecule has 0 aliphatic carbocycles. The highest BCUT2D eigenvalue weighted by atomic mass is 19.1. The molecule has 4 aromatic rings. The summed E-state index contributed by atoms with van der Waals surface area (Å²) in [6.45, 7) is 1.95. The van der Waals surface area contributed by atoms with Gasteiger partial charge in [-0.3, -0.25) is 4.57 Å². The quantitative estimate of drug-likeness (QED) is 0.526. The number of benzene rings is 2. The molecule has 122 valence electrons. The molecule has 25 heavy (non-hydrogen) atoms. The molecule has 3 nitrogen and oxygen atoms in total. The van der Waals surface area contributed by atoms with Crippen LogP contribution in [0.1, 0.15) is 5.82 Å². The third-order valence-corrected chi connectivity index (χ3v) is 4.20. The first kappa shape index (κ1) is 15.3. The maximum absolute atomic E-state index is 13.4. The van der Waals surface area contributed by atoms with Crippen LogP contribution in [0.4, 0.5) is 4.39 Å². The maximum atomic E-state index is 13.4. The summed E-state index contributed by atoms with van der Waals surface area (Å²) in [6, 6.07) is 18.6. The minimum atomic E-state index is -0.246. The zero-order valence-electron chi connectivity index (χ0n) is 13.7. The van der Waals surface area contributed by atoms with Crippen LogP contribution < -0.4 is 0 Å². The van der Waals surface area contributed by atoms with Gasteiger partial charge in [-0.05, 0) is 41.8 Å². The first-order valence-corrected chi connectivity index (χ1v) is 8.05. The number of halogens is 1. The Morgan fingerprint density at radius 1 is 0.800 bits per heavy atom. The predicted molar refractivity (Wildman–Crippen MR) is 96.9 cm³/mol. The van der Waals surface area contributed by atoms with Gasteiger partial charge in [-0.25, -0.2) is 14.4 Å². The lowest BCUT2D eigenvalue weighted by atomic mass is 9.95. The molecule has 4 heteroatoms. The van der Waals surface area contributed by atoms with E-state index in [1.54, 1.807) is 24.5 Å². The number of pyridine rings is 1. The van der Waals surface area contributed by atoms with Crippen molar-refractivity contribution in [2.75, 3.05) is 0 Å². The molecular weight excluding hydrogens is 313 g/mol. The molecule has 2 aromatic heterocycles. The molecule has 0 N–H and O–H groups in total. The molecule has 0 spiro atoms. The fourth-order valence-corrected chi connectivity index (χ4v) is 2.99. The van der Waals surface area contributed by atoms with Crippen LogP contribution in [-0.2, 0) is 0 Å². The highest BCUT2D eigenvalue weighted by molar-refractivity contribution is 5.87. The third kappa shape index (κ3) is 2.83. The molecule has 0 saturated heterocycles. The van der Waals surface area contributed by atoms with Crippen LogP contribution in [0.3, 0.4) is 0 Å². The Labute approximate surface area is 145 Å². The average Bonchev–Trinajstić information content (AvgIpc) is 3.08. The van der Waals surface area contributed by atoms with Crippen molar-refractivity contribution in [1.29, 1.82) is 0 Å². The van der Waals surface area contributed by atoms with E-state index in [4.69, 9.17) is 0 Å². The second-order valence-electron chi connectivity index (χ2n) is 5.77. The number of imidazole rings is 1. The Morgan fingerprint density at radius 2 is 1.56 bits per heavy atom. The second kappa shape index (κ2) is 6.32. The van der Waals surface area contributed by atoms with E-state index in [-0.39, 0.29) is 5.82 Å². The molecule has 0 aliphatic rings. The highest BCUT2D eigenvalue weighted by Crippen LogP contribution is 2.36. The monoisotopic (exact) mass is 329 g/mol. The lowest BCUT2D eigenvalue weighted by molar-refractivity contribution is 0.628. The summed E-state index contributed by atoms with van der Waals surface area (Å²) in [5, 5.41) is 0. The first-order chi connectivity index (χ1) is 12.2. The first-order valence-electron chi connectivity index (χ1n) is 8.05. The number of hydrogen-bond donors (Lipinski definition) is 0. The number of nitrogens with zero attached hydrogens (tertiary/aromatic N) is 3.